The Morgan fingerprint density at radius 2 is 2.00 bits per heavy atom. The van der Waals surface area contributed by atoms with Gasteiger partial charge in [-0.25, -0.2) is 10.8 Å². The van der Waals surface area contributed by atoms with E-state index in [0.717, 1.165) is 5.69 Å². The molecule has 5 N–H and O–H groups in total. The van der Waals surface area contributed by atoms with E-state index in [9.17, 15) is 4.79 Å². The van der Waals surface area contributed by atoms with Crippen molar-refractivity contribution in [3.8, 4) is 0 Å². The van der Waals surface area contributed by atoms with Gasteiger partial charge in [-0.1, -0.05) is 0 Å². The number of carbonyl (C=O) groups excluding carboxylic acids is 1. The highest BCUT2D eigenvalue weighted by Gasteiger charge is 2.19. The minimum atomic E-state index is -0.404. The molecule has 7 nitrogen and oxygen atoms in total. The molecule has 0 aliphatic carbocycles. The number of nitrogens with two attached hydrogens (primary N) is 1. The average molecular weight is 266 g/mol. The number of nitrogen functional groups attached to an aromatic ring is 1. The van der Waals surface area contributed by atoms with Crippen molar-refractivity contribution < 1.29 is 4.79 Å². The Morgan fingerprint density at radius 1 is 1.37 bits per heavy atom. The zero-order chi connectivity index (χ0) is 14.6. The quantitative estimate of drug-likeness (QED) is 0.474. The van der Waals surface area contributed by atoms with Crippen LogP contribution in [0, 0.1) is 6.92 Å². The van der Waals surface area contributed by atoms with E-state index in [4.69, 9.17) is 5.84 Å². The van der Waals surface area contributed by atoms with Crippen molar-refractivity contribution in [1.29, 1.82) is 0 Å². The molecule has 0 fully saturated rings. The molecule has 1 heterocycles. The first-order chi connectivity index (χ1) is 8.71. The standard InChI is InChI=1S/C12H22N6O/c1-7-6-9(16-11(14-7)18-13)15-8(2)10(19)17-12(3,4)5/h6,8H,13H2,1-5H3,(H,17,19)(H2,14,15,16,18). The maximum Gasteiger partial charge on any atom is 0.242 e. The molecule has 0 saturated heterocycles. The topological polar surface area (TPSA) is 105 Å². The number of anilines is 2. The van der Waals surface area contributed by atoms with Crippen molar-refractivity contribution in [2.75, 3.05) is 10.7 Å². The number of aryl methyl sites for hydroxylation is 1. The second-order valence-corrected chi connectivity index (χ2v) is 5.47. The van der Waals surface area contributed by atoms with Gasteiger partial charge in [-0.3, -0.25) is 10.2 Å². The molecule has 0 aliphatic rings. The number of hydrazine groups is 1. The Morgan fingerprint density at radius 3 is 2.53 bits per heavy atom. The molecule has 106 valence electrons. The van der Waals surface area contributed by atoms with Crippen LogP contribution in [0.15, 0.2) is 6.07 Å². The highest BCUT2D eigenvalue weighted by Crippen LogP contribution is 2.10. The van der Waals surface area contributed by atoms with Gasteiger partial charge in [-0.15, -0.1) is 0 Å². The largest absolute Gasteiger partial charge is 0.358 e. The summed E-state index contributed by atoms with van der Waals surface area (Å²) in [7, 11) is 0. The van der Waals surface area contributed by atoms with Crippen molar-refractivity contribution in [3.05, 3.63) is 11.8 Å². The lowest BCUT2D eigenvalue weighted by Crippen LogP contribution is -2.47. The first kappa shape index (κ1) is 15.2. The second kappa shape index (κ2) is 5.83. The molecular weight excluding hydrogens is 244 g/mol. The zero-order valence-corrected chi connectivity index (χ0v) is 12.0. The van der Waals surface area contributed by atoms with Crippen LogP contribution in [0.2, 0.25) is 0 Å². The summed E-state index contributed by atoms with van der Waals surface area (Å²) in [4.78, 5) is 20.2. The van der Waals surface area contributed by atoms with Crippen LogP contribution in [0.25, 0.3) is 0 Å². The fourth-order valence-corrected chi connectivity index (χ4v) is 1.47. The van der Waals surface area contributed by atoms with Crippen LogP contribution in [0.4, 0.5) is 11.8 Å². The molecule has 1 unspecified atom stereocenters. The van der Waals surface area contributed by atoms with Gasteiger partial charge in [0, 0.05) is 17.3 Å². The molecule has 1 atom stereocenters. The maximum atomic E-state index is 11.9. The molecule has 1 amide bonds. The summed E-state index contributed by atoms with van der Waals surface area (Å²) in [6.45, 7) is 9.40. The normalized spacial score (nSPS) is 12.7. The van der Waals surface area contributed by atoms with Gasteiger partial charge < -0.3 is 10.6 Å². The minimum Gasteiger partial charge on any atom is -0.358 e. The van der Waals surface area contributed by atoms with E-state index in [1.165, 1.54) is 0 Å². The number of hydrogen-bond donors (Lipinski definition) is 4. The van der Waals surface area contributed by atoms with Crippen LogP contribution in [-0.4, -0.2) is 27.5 Å². The number of carbonyl (C=O) groups is 1. The minimum absolute atomic E-state index is 0.0916. The third kappa shape index (κ3) is 5.09. The van der Waals surface area contributed by atoms with Crippen LogP contribution >= 0.6 is 0 Å². The monoisotopic (exact) mass is 266 g/mol. The highest BCUT2D eigenvalue weighted by atomic mass is 16.2. The van der Waals surface area contributed by atoms with E-state index in [1.807, 2.05) is 27.7 Å². The van der Waals surface area contributed by atoms with Gasteiger partial charge in [0.15, 0.2) is 0 Å². The molecule has 0 aliphatic heterocycles. The molecule has 0 spiro atoms. The summed E-state index contributed by atoms with van der Waals surface area (Å²) in [6, 6.07) is 1.35. The summed E-state index contributed by atoms with van der Waals surface area (Å²) < 4.78 is 0. The van der Waals surface area contributed by atoms with Gasteiger partial charge >= 0.3 is 0 Å². The summed E-state index contributed by atoms with van der Waals surface area (Å²) in [5.41, 5.74) is 2.88. The zero-order valence-electron chi connectivity index (χ0n) is 12.0. The van der Waals surface area contributed by atoms with Crippen LogP contribution in [0.3, 0.4) is 0 Å². The van der Waals surface area contributed by atoms with Gasteiger partial charge in [0.25, 0.3) is 0 Å². The van der Waals surface area contributed by atoms with E-state index >= 15 is 0 Å². The third-order valence-electron chi connectivity index (χ3n) is 2.24. The SMILES string of the molecule is Cc1cc(NC(C)C(=O)NC(C)(C)C)nc(NN)n1. The molecule has 1 rings (SSSR count). The average Bonchev–Trinajstić information content (AvgIpc) is 2.25. The molecule has 19 heavy (non-hydrogen) atoms. The highest BCUT2D eigenvalue weighted by molar-refractivity contribution is 5.84. The van der Waals surface area contributed by atoms with E-state index in [-0.39, 0.29) is 11.4 Å². The molecule has 0 bridgehead atoms. The van der Waals surface area contributed by atoms with E-state index < -0.39 is 6.04 Å². The van der Waals surface area contributed by atoms with Crippen molar-refractivity contribution in [3.63, 3.8) is 0 Å². The number of nitrogens with one attached hydrogen (secondary N) is 3. The number of nitrogens with zero attached hydrogens (tertiary/aromatic N) is 2. The van der Waals surface area contributed by atoms with E-state index in [1.54, 1.807) is 13.0 Å². The molecular formula is C12H22N6O. The number of amides is 1. The van der Waals surface area contributed by atoms with E-state index in [2.05, 4.69) is 26.0 Å². The Kier molecular flexibility index (Phi) is 4.66. The van der Waals surface area contributed by atoms with Crippen LogP contribution < -0.4 is 21.9 Å². The summed E-state index contributed by atoms with van der Waals surface area (Å²) >= 11 is 0. The van der Waals surface area contributed by atoms with Crippen molar-refractivity contribution in [1.82, 2.24) is 15.3 Å². The van der Waals surface area contributed by atoms with Gasteiger partial charge in [0.1, 0.15) is 11.9 Å². The first-order valence-electron chi connectivity index (χ1n) is 6.12. The van der Waals surface area contributed by atoms with E-state index in [0.29, 0.717) is 11.8 Å². The fourth-order valence-electron chi connectivity index (χ4n) is 1.47. The Balaban J connectivity index is 2.74. The summed E-state index contributed by atoms with van der Waals surface area (Å²) in [5, 5.41) is 5.92. The molecule has 0 aromatic carbocycles. The number of hydrogen-bond acceptors (Lipinski definition) is 6. The maximum absolute atomic E-state index is 11.9. The van der Waals surface area contributed by atoms with Gasteiger partial charge in [-0.05, 0) is 34.6 Å². The molecule has 7 heteroatoms. The summed E-state index contributed by atoms with van der Waals surface area (Å²) in [5.74, 6) is 6.05. The lowest BCUT2D eigenvalue weighted by Gasteiger charge is -2.24. The molecule has 1 aromatic rings. The van der Waals surface area contributed by atoms with Crippen molar-refractivity contribution in [2.45, 2.75) is 46.2 Å². The predicted molar refractivity (Wildman–Crippen MR) is 75.6 cm³/mol. The number of aromatic nitrogens is 2. The Bertz CT molecular complexity index is 454. The second-order valence-electron chi connectivity index (χ2n) is 5.47. The lowest BCUT2D eigenvalue weighted by atomic mass is 10.1. The molecule has 0 saturated carbocycles. The van der Waals surface area contributed by atoms with Crippen molar-refractivity contribution in [2.24, 2.45) is 5.84 Å². The van der Waals surface area contributed by atoms with Gasteiger partial charge in [0.05, 0.1) is 0 Å². The third-order valence-corrected chi connectivity index (χ3v) is 2.24. The first-order valence-corrected chi connectivity index (χ1v) is 6.12. The fraction of sp³-hybridized carbons (Fsp3) is 0.583. The molecule has 1 aromatic heterocycles. The number of rotatable bonds is 4. The smallest absolute Gasteiger partial charge is 0.242 e. The van der Waals surface area contributed by atoms with Crippen LogP contribution in [-0.2, 0) is 4.79 Å². The Hall–Kier alpha value is -1.89. The molecule has 0 radical (unpaired) electrons. The van der Waals surface area contributed by atoms with Crippen molar-refractivity contribution >= 4 is 17.7 Å². The van der Waals surface area contributed by atoms with Gasteiger partial charge in [0.2, 0.25) is 11.9 Å². The Labute approximate surface area is 113 Å². The lowest BCUT2D eigenvalue weighted by molar-refractivity contribution is -0.122. The van der Waals surface area contributed by atoms with Gasteiger partial charge in [-0.2, -0.15) is 4.98 Å². The summed E-state index contributed by atoms with van der Waals surface area (Å²) in [6.07, 6.45) is 0. The predicted octanol–water partition coefficient (Wildman–Crippen LogP) is 0.786. The van der Waals surface area contributed by atoms with Crippen LogP contribution in [0.1, 0.15) is 33.4 Å². The van der Waals surface area contributed by atoms with Crippen LogP contribution in [0.5, 0.6) is 0 Å².